The van der Waals surface area contributed by atoms with Crippen molar-refractivity contribution >= 4 is 17.7 Å². The molecule has 3 nitrogen and oxygen atoms in total. The van der Waals surface area contributed by atoms with Crippen LogP contribution >= 0.6 is 11.8 Å². The number of rotatable bonds is 6. The highest BCUT2D eigenvalue weighted by atomic mass is 32.2. The fraction of sp³-hybridized carbons (Fsp3) is 0.923. The van der Waals surface area contributed by atoms with Gasteiger partial charge in [-0.05, 0) is 25.2 Å². The predicted octanol–water partition coefficient (Wildman–Crippen LogP) is 2.15. The molecule has 0 aromatic heterocycles. The van der Waals surface area contributed by atoms with Gasteiger partial charge in [-0.15, -0.1) is 0 Å². The Morgan fingerprint density at radius 1 is 1.47 bits per heavy atom. The van der Waals surface area contributed by atoms with Gasteiger partial charge >= 0.3 is 0 Å². The molecule has 4 heteroatoms. The van der Waals surface area contributed by atoms with Gasteiger partial charge in [-0.2, -0.15) is 11.8 Å². The SMILES string of the molecule is CCC(N)CSCC(=O)NC1CCCCC1C. The highest BCUT2D eigenvalue weighted by molar-refractivity contribution is 7.99. The van der Waals surface area contributed by atoms with Gasteiger partial charge in [0.15, 0.2) is 0 Å². The second-order valence-corrected chi connectivity index (χ2v) is 6.15. The maximum Gasteiger partial charge on any atom is 0.230 e. The number of carbonyl (C=O) groups excluding carboxylic acids is 1. The molecule has 0 aliphatic heterocycles. The first kappa shape index (κ1) is 14.8. The van der Waals surface area contributed by atoms with E-state index in [1.807, 2.05) is 0 Å². The largest absolute Gasteiger partial charge is 0.352 e. The van der Waals surface area contributed by atoms with Crippen molar-refractivity contribution in [3.8, 4) is 0 Å². The summed E-state index contributed by atoms with van der Waals surface area (Å²) in [7, 11) is 0. The molecule has 0 saturated heterocycles. The van der Waals surface area contributed by atoms with E-state index < -0.39 is 0 Å². The zero-order valence-electron chi connectivity index (χ0n) is 11.1. The van der Waals surface area contributed by atoms with Crippen molar-refractivity contribution in [2.75, 3.05) is 11.5 Å². The molecule has 0 bridgehead atoms. The Labute approximate surface area is 109 Å². The predicted molar refractivity (Wildman–Crippen MR) is 75.2 cm³/mol. The van der Waals surface area contributed by atoms with Gasteiger partial charge < -0.3 is 11.1 Å². The summed E-state index contributed by atoms with van der Waals surface area (Å²) < 4.78 is 0. The van der Waals surface area contributed by atoms with E-state index in [1.54, 1.807) is 11.8 Å². The van der Waals surface area contributed by atoms with Gasteiger partial charge in [0.2, 0.25) is 5.91 Å². The van der Waals surface area contributed by atoms with Crippen LogP contribution in [-0.4, -0.2) is 29.5 Å². The lowest BCUT2D eigenvalue weighted by Crippen LogP contribution is -2.42. The monoisotopic (exact) mass is 258 g/mol. The Kier molecular flexibility index (Phi) is 6.97. The summed E-state index contributed by atoms with van der Waals surface area (Å²) in [4.78, 5) is 11.8. The Balaban J connectivity index is 2.15. The third kappa shape index (κ3) is 5.77. The molecular weight excluding hydrogens is 232 g/mol. The smallest absolute Gasteiger partial charge is 0.230 e. The first-order valence-corrected chi connectivity index (χ1v) is 7.91. The molecule has 1 fully saturated rings. The van der Waals surface area contributed by atoms with E-state index in [2.05, 4.69) is 19.2 Å². The van der Waals surface area contributed by atoms with Crippen molar-refractivity contribution in [2.45, 2.75) is 58.0 Å². The molecule has 0 aromatic rings. The molecule has 1 amide bonds. The van der Waals surface area contributed by atoms with Gasteiger partial charge in [0, 0.05) is 17.8 Å². The van der Waals surface area contributed by atoms with Crippen LogP contribution in [0.25, 0.3) is 0 Å². The summed E-state index contributed by atoms with van der Waals surface area (Å²) in [6.45, 7) is 4.32. The first-order valence-electron chi connectivity index (χ1n) is 6.76. The lowest BCUT2D eigenvalue weighted by Gasteiger charge is -2.29. The molecule has 0 heterocycles. The molecule has 0 radical (unpaired) electrons. The van der Waals surface area contributed by atoms with Crippen LogP contribution in [0.5, 0.6) is 0 Å². The molecule has 0 aromatic carbocycles. The van der Waals surface area contributed by atoms with E-state index in [0.29, 0.717) is 17.7 Å². The molecule has 17 heavy (non-hydrogen) atoms. The van der Waals surface area contributed by atoms with Crippen LogP contribution in [0.1, 0.15) is 46.0 Å². The highest BCUT2D eigenvalue weighted by Crippen LogP contribution is 2.23. The third-order valence-corrected chi connectivity index (χ3v) is 4.68. The van der Waals surface area contributed by atoms with Gasteiger partial charge in [-0.1, -0.05) is 26.7 Å². The molecule has 0 spiro atoms. The Hall–Kier alpha value is -0.220. The summed E-state index contributed by atoms with van der Waals surface area (Å²) in [6.07, 6.45) is 5.94. The molecule has 1 saturated carbocycles. The van der Waals surface area contributed by atoms with E-state index in [9.17, 15) is 4.79 Å². The number of thioether (sulfide) groups is 1. The van der Waals surface area contributed by atoms with Crippen LogP contribution in [0.15, 0.2) is 0 Å². The molecule has 3 N–H and O–H groups in total. The number of amides is 1. The lowest BCUT2D eigenvalue weighted by atomic mass is 9.86. The Morgan fingerprint density at radius 2 is 2.18 bits per heavy atom. The number of hydrogen-bond donors (Lipinski definition) is 2. The summed E-state index contributed by atoms with van der Waals surface area (Å²) in [5.41, 5.74) is 5.81. The van der Waals surface area contributed by atoms with Crippen LogP contribution in [0.3, 0.4) is 0 Å². The van der Waals surface area contributed by atoms with Gasteiger partial charge in [0.25, 0.3) is 0 Å². The Morgan fingerprint density at radius 3 is 2.82 bits per heavy atom. The molecule has 1 aliphatic rings. The number of carbonyl (C=O) groups is 1. The van der Waals surface area contributed by atoms with Crippen LogP contribution in [0.2, 0.25) is 0 Å². The van der Waals surface area contributed by atoms with Crippen molar-refractivity contribution in [1.82, 2.24) is 5.32 Å². The van der Waals surface area contributed by atoms with Crippen LogP contribution in [0, 0.1) is 5.92 Å². The minimum Gasteiger partial charge on any atom is -0.352 e. The zero-order chi connectivity index (χ0) is 12.7. The van der Waals surface area contributed by atoms with Gasteiger partial charge in [0.05, 0.1) is 5.75 Å². The summed E-state index contributed by atoms with van der Waals surface area (Å²) in [6, 6.07) is 0.623. The maximum absolute atomic E-state index is 11.8. The van der Waals surface area contributed by atoms with E-state index in [1.165, 1.54) is 19.3 Å². The fourth-order valence-electron chi connectivity index (χ4n) is 2.20. The lowest BCUT2D eigenvalue weighted by molar-refractivity contribution is -0.119. The van der Waals surface area contributed by atoms with Crippen molar-refractivity contribution in [3.05, 3.63) is 0 Å². The fourth-order valence-corrected chi connectivity index (χ4v) is 3.13. The van der Waals surface area contributed by atoms with E-state index in [0.717, 1.165) is 18.6 Å². The van der Waals surface area contributed by atoms with Crippen molar-refractivity contribution < 1.29 is 4.79 Å². The van der Waals surface area contributed by atoms with Gasteiger partial charge in [-0.3, -0.25) is 4.79 Å². The number of hydrogen-bond acceptors (Lipinski definition) is 3. The molecular formula is C13H26N2OS. The minimum absolute atomic E-state index is 0.178. The highest BCUT2D eigenvalue weighted by Gasteiger charge is 2.22. The van der Waals surface area contributed by atoms with E-state index >= 15 is 0 Å². The second kappa shape index (κ2) is 7.98. The summed E-state index contributed by atoms with van der Waals surface area (Å²) in [5.74, 6) is 2.24. The Bertz CT molecular complexity index is 235. The topological polar surface area (TPSA) is 55.1 Å². The average Bonchev–Trinajstić information content (AvgIpc) is 2.32. The molecule has 3 atom stereocenters. The van der Waals surface area contributed by atoms with Crippen molar-refractivity contribution in [2.24, 2.45) is 11.7 Å². The van der Waals surface area contributed by atoms with Crippen molar-refractivity contribution in [3.63, 3.8) is 0 Å². The molecule has 1 rings (SSSR count). The van der Waals surface area contributed by atoms with E-state index in [4.69, 9.17) is 5.73 Å². The average molecular weight is 258 g/mol. The standard InChI is InChI=1S/C13H26N2OS/c1-3-11(14)8-17-9-13(16)15-12-7-5-4-6-10(12)2/h10-12H,3-9,14H2,1-2H3,(H,15,16). The quantitative estimate of drug-likeness (QED) is 0.767. The summed E-state index contributed by atoms with van der Waals surface area (Å²) in [5, 5.41) is 3.16. The van der Waals surface area contributed by atoms with Gasteiger partial charge in [0.1, 0.15) is 0 Å². The molecule has 100 valence electrons. The maximum atomic E-state index is 11.8. The molecule has 1 aliphatic carbocycles. The normalized spacial score (nSPS) is 26.5. The van der Waals surface area contributed by atoms with Crippen LogP contribution < -0.4 is 11.1 Å². The third-order valence-electron chi connectivity index (χ3n) is 3.55. The zero-order valence-corrected chi connectivity index (χ0v) is 11.9. The van der Waals surface area contributed by atoms with Crippen LogP contribution in [-0.2, 0) is 4.79 Å². The molecule has 3 unspecified atom stereocenters. The van der Waals surface area contributed by atoms with Crippen LogP contribution in [0.4, 0.5) is 0 Å². The van der Waals surface area contributed by atoms with Crippen molar-refractivity contribution in [1.29, 1.82) is 0 Å². The first-order chi connectivity index (χ1) is 8.13. The second-order valence-electron chi connectivity index (χ2n) is 5.12. The van der Waals surface area contributed by atoms with Gasteiger partial charge in [-0.25, -0.2) is 0 Å². The number of nitrogens with one attached hydrogen (secondary N) is 1. The minimum atomic E-state index is 0.178. The number of nitrogens with two attached hydrogens (primary N) is 1. The summed E-state index contributed by atoms with van der Waals surface area (Å²) >= 11 is 1.65. The van der Waals surface area contributed by atoms with E-state index in [-0.39, 0.29) is 11.9 Å².